The van der Waals surface area contributed by atoms with Crippen LogP contribution in [0.25, 0.3) is 0 Å². The van der Waals surface area contributed by atoms with Crippen molar-refractivity contribution in [2.75, 3.05) is 13.2 Å². The molecule has 1 heterocycles. The maximum atomic E-state index is 10.9. The third-order valence-corrected chi connectivity index (χ3v) is 3.77. The number of ether oxygens (including phenoxy) is 2. The first-order valence-corrected chi connectivity index (χ1v) is 7.44. The first kappa shape index (κ1) is 15.3. The summed E-state index contributed by atoms with van der Waals surface area (Å²) in [6.07, 6.45) is 1.36. The highest BCUT2D eigenvalue weighted by Gasteiger charge is 2.14. The van der Waals surface area contributed by atoms with E-state index in [1.54, 1.807) is 18.2 Å². The Morgan fingerprint density at radius 3 is 2.70 bits per heavy atom. The number of rotatable bonds is 3. The average Bonchev–Trinajstić information content (AvgIpc) is 2.55. The molecule has 1 N–H and O–H groups in total. The Bertz CT molecular complexity index is 807. The summed E-state index contributed by atoms with van der Waals surface area (Å²) in [4.78, 5) is 14.6. The van der Waals surface area contributed by atoms with Crippen molar-refractivity contribution in [1.29, 1.82) is 0 Å². The lowest BCUT2D eigenvalue weighted by Crippen LogP contribution is -2.14. The number of aromatic hydroxyl groups is 1. The molecule has 0 radical (unpaired) electrons. The molecule has 0 bridgehead atoms. The zero-order valence-corrected chi connectivity index (χ0v) is 13.3. The number of fused-ring (bicyclic) bond motifs is 1. The summed E-state index contributed by atoms with van der Waals surface area (Å²) in [5.74, 6) is 1.13. The summed E-state index contributed by atoms with van der Waals surface area (Å²) in [5.41, 5.74) is 0.676. The minimum absolute atomic E-state index is 0.114. The Balaban J connectivity index is 1.92. The second-order valence-electron chi connectivity index (χ2n) is 4.71. The highest BCUT2D eigenvalue weighted by Crippen LogP contribution is 2.35. The molecule has 7 nitrogen and oxygen atoms in total. The van der Waals surface area contributed by atoms with Gasteiger partial charge in [-0.05, 0) is 28.1 Å². The second kappa shape index (κ2) is 6.25. The molecule has 23 heavy (non-hydrogen) atoms. The molecule has 0 aromatic heterocycles. The van der Waals surface area contributed by atoms with Gasteiger partial charge in [0, 0.05) is 30.0 Å². The van der Waals surface area contributed by atoms with Gasteiger partial charge in [0.1, 0.15) is 19.0 Å². The van der Waals surface area contributed by atoms with Crippen molar-refractivity contribution >= 4 is 33.5 Å². The van der Waals surface area contributed by atoms with Gasteiger partial charge in [-0.2, -0.15) is 0 Å². The molecular formula is C15H11BrN2O5. The molecule has 8 heteroatoms. The van der Waals surface area contributed by atoms with E-state index in [1.807, 2.05) is 0 Å². The first-order chi connectivity index (χ1) is 11.0. The Morgan fingerprint density at radius 1 is 1.22 bits per heavy atom. The Labute approximate surface area is 139 Å². The van der Waals surface area contributed by atoms with Gasteiger partial charge in [-0.3, -0.25) is 15.1 Å². The largest absolute Gasteiger partial charge is 0.506 e. The monoisotopic (exact) mass is 378 g/mol. The molecule has 1 aliphatic heterocycles. The SMILES string of the molecule is O=[N+]([O-])c1cc(Br)c(O)c(C=Nc2ccc3c(c2)OCCO3)c1. The van der Waals surface area contributed by atoms with Crippen LogP contribution in [0.2, 0.25) is 0 Å². The minimum Gasteiger partial charge on any atom is -0.506 e. The fourth-order valence-corrected chi connectivity index (χ4v) is 2.53. The van der Waals surface area contributed by atoms with E-state index >= 15 is 0 Å². The zero-order chi connectivity index (χ0) is 16.4. The highest BCUT2D eigenvalue weighted by atomic mass is 79.9. The van der Waals surface area contributed by atoms with Gasteiger partial charge in [0.15, 0.2) is 11.5 Å². The van der Waals surface area contributed by atoms with E-state index < -0.39 is 4.92 Å². The number of non-ortho nitro benzene ring substituents is 1. The number of halogens is 1. The van der Waals surface area contributed by atoms with Crippen molar-refractivity contribution in [3.63, 3.8) is 0 Å². The molecule has 3 rings (SSSR count). The van der Waals surface area contributed by atoms with E-state index in [9.17, 15) is 15.2 Å². The Morgan fingerprint density at radius 2 is 1.96 bits per heavy atom. The smallest absolute Gasteiger partial charge is 0.271 e. The number of phenols is 1. The Hall–Kier alpha value is -2.61. The van der Waals surface area contributed by atoms with E-state index in [4.69, 9.17) is 9.47 Å². The number of hydrogen-bond donors (Lipinski definition) is 1. The third kappa shape index (κ3) is 3.26. The van der Waals surface area contributed by atoms with Crippen LogP contribution < -0.4 is 9.47 Å². The molecule has 0 atom stereocenters. The summed E-state index contributed by atoms with van der Waals surface area (Å²) >= 11 is 3.09. The third-order valence-electron chi connectivity index (χ3n) is 3.17. The lowest BCUT2D eigenvalue weighted by molar-refractivity contribution is -0.385. The molecule has 0 aliphatic carbocycles. The van der Waals surface area contributed by atoms with Gasteiger partial charge in [-0.1, -0.05) is 0 Å². The molecular weight excluding hydrogens is 368 g/mol. The standard InChI is InChI=1S/C15H11BrN2O5/c16-12-7-11(18(20)21)5-9(15(12)19)8-17-10-1-2-13-14(6-10)23-4-3-22-13/h1-2,5-8,19H,3-4H2. The van der Waals surface area contributed by atoms with Gasteiger partial charge < -0.3 is 14.6 Å². The quantitative estimate of drug-likeness (QED) is 0.500. The van der Waals surface area contributed by atoms with Crippen molar-refractivity contribution in [2.45, 2.75) is 0 Å². The van der Waals surface area contributed by atoms with E-state index in [2.05, 4.69) is 20.9 Å². The molecule has 1 aliphatic rings. The van der Waals surface area contributed by atoms with Gasteiger partial charge in [-0.25, -0.2) is 0 Å². The highest BCUT2D eigenvalue weighted by molar-refractivity contribution is 9.10. The van der Waals surface area contributed by atoms with Gasteiger partial charge in [0.2, 0.25) is 0 Å². The van der Waals surface area contributed by atoms with E-state index in [1.165, 1.54) is 18.3 Å². The molecule has 0 fully saturated rings. The van der Waals surface area contributed by atoms with Crippen molar-refractivity contribution in [2.24, 2.45) is 4.99 Å². The fraction of sp³-hybridized carbons (Fsp3) is 0.133. The number of benzene rings is 2. The summed E-state index contributed by atoms with van der Waals surface area (Å²) < 4.78 is 11.1. The first-order valence-electron chi connectivity index (χ1n) is 6.65. The number of nitrogens with zero attached hydrogens (tertiary/aromatic N) is 2. The predicted molar refractivity (Wildman–Crippen MR) is 87.1 cm³/mol. The van der Waals surface area contributed by atoms with Crippen LogP contribution in [0.15, 0.2) is 39.8 Å². The summed E-state index contributed by atoms with van der Waals surface area (Å²) in [6.45, 7) is 0.976. The lowest BCUT2D eigenvalue weighted by atomic mass is 10.2. The second-order valence-corrected chi connectivity index (χ2v) is 5.56. The maximum absolute atomic E-state index is 10.9. The topological polar surface area (TPSA) is 94.2 Å². The molecule has 0 saturated heterocycles. The molecule has 2 aromatic carbocycles. The van der Waals surface area contributed by atoms with Crippen molar-refractivity contribution < 1.29 is 19.5 Å². The summed E-state index contributed by atoms with van der Waals surface area (Å²) in [7, 11) is 0. The van der Waals surface area contributed by atoms with Crippen LogP contribution in [0, 0.1) is 10.1 Å². The summed E-state index contributed by atoms with van der Waals surface area (Å²) in [5, 5.41) is 20.8. The van der Waals surface area contributed by atoms with E-state index in [-0.39, 0.29) is 21.5 Å². The van der Waals surface area contributed by atoms with Crippen LogP contribution in [0.5, 0.6) is 17.2 Å². The lowest BCUT2D eigenvalue weighted by Gasteiger charge is -2.18. The van der Waals surface area contributed by atoms with Gasteiger partial charge in [0.25, 0.3) is 5.69 Å². The van der Waals surface area contributed by atoms with Crippen LogP contribution in [0.4, 0.5) is 11.4 Å². The number of nitro benzene ring substituents is 1. The van der Waals surface area contributed by atoms with Crippen molar-refractivity contribution in [1.82, 2.24) is 0 Å². The van der Waals surface area contributed by atoms with Gasteiger partial charge in [-0.15, -0.1) is 0 Å². The average molecular weight is 379 g/mol. The normalized spacial score (nSPS) is 13.3. The minimum atomic E-state index is -0.536. The fourth-order valence-electron chi connectivity index (χ4n) is 2.07. The molecule has 118 valence electrons. The van der Waals surface area contributed by atoms with Crippen LogP contribution in [0.1, 0.15) is 5.56 Å². The molecule has 0 saturated carbocycles. The molecule has 2 aromatic rings. The zero-order valence-electron chi connectivity index (χ0n) is 11.7. The van der Waals surface area contributed by atoms with Crippen molar-refractivity contribution in [3.05, 3.63) is 50.5 Å². The van der Waals surface area contributed by atoms with Gasteiger partial charge in [0.05, 0.1) is 15.1 Å². The number of hydrogen-bond acceptors (Lipinski definition) is 6. The molecule has 0 spiro atoms. The van der Waals surface area contributed by atoms with Crippen molar-refractivity contribution in [3.8, 4) is 17.2 Å². The predicted octanol–water partition coefficient (Wildman–Crippen LogP) is 3.58. The van der Waals surface area contributed by atoms with Crippen LogP contribution in [-0.2, 0) is 0 Å². The van der Waals surface area contributed by atoms with Crippen LogP contribution in [-0.4, -0.2) is 29.5 Å². The number of aliphatic imine (C=N–C) groups is 1. The van der Waals surface area contributed by atoms with E-state index in [0.717, 1.165) is 0 Å². The van der Waals surface area contributed by atoms with Gasteiger partial charge >= 0.3 is 0 Å². The Kier molecular flexibility index (Phi) is 4.16. The van der Waals surface area contributed by atoms with Crippen LogP contribution >= 0.6 is 15.9 Å². The van der Waals surface area contributed by atoms with Crippen LogP contribution in [0.3, 0.4) is 0 Å². The summed E-state index contributed by atoms with van der Waals surface area (Å²) in [6, 6.07) is 7.66. The van der Waals surface area contributed by atoms with E-state index in [0.29, 0.717) is 30.4 Å². The number of nitro groups is 1. The maximum Gasteiger partial charge on any atom is 0.271 e. The number of phenolic OH excluding ortho intramolecular Hbond substituents is 1. The molecule has 0 amide bonds. The molecule has 0 unspecified atom stereocenters.